The van der Waals surface area contributed by atoms with Gasteiger partial charge in [0.05, 0.1) is 7.11 Å². The summed E-state index contributed by atoms with van der Waals surface area (Å²) in [6, 6.07) is 8.21. The van der Waals surface area contributed by atoms with Crippen LogP contribution in [0.2, 0.25) is 0 Å². The minimum atomic E-state index is -0.325. The van der Waals surface area contributed by atoms with E-state index in [1.807, 2.05) is 37.5 Å². The first-order valence-electron chi connectivity index (χ1n) is 6.58. The molecule has 0 bridgehead atoms. The molecule has 0 radical (unpaired) electrons. The lowest BCUT2D eigenvalue weighted by Gasteiger charge is -2.25. The summed E-state index contributed by atoms with van der Waals surface area (Å²) < 4.78 is 4.99. The molecule has 0 aliphatic heterocycles. The Morgan fingerprint density at radius 3 is 2.84 bits per heavy atom. The molecule has 0 amide bonds. The van der Waals surface area contributed by atoms with Crippen molar-refractivity contribution in [1.29, 1.82) is 0 Å². The number of hydrogen-bond acceptors (Lipinski definition) is 3. The molecule has 1 aromatic carbocycles. The van der Waals surface area contributed by atoms with Crippen LogP contribution in [0, 0.1) is 0 Å². The average molecular weight is 258 g/mol. The monoisotopic (exact) mass is 258 g/mol. The average Bonchev–Trinajstić information content (AvgIpc) is 3.21. The van der Waals surface area contributed by atoms with Crippen LogP contribution in [0.1, 0.15) is 24.4 Å². The second-order valence-corrected chi connectivity index (χ2v) is 5.11. The van der Waals surface area contributed by atoms with E-state index in [0.717, 1.165) is 29.3 Å². The number of methoxy groups -OCH3 is 1. The lowest BCUT2D eigenvalue weighted by Crippen LogP contribution is -2.33. The van der Waals surface area contributed by atoms with Gasteiger partial charge in [-0.25, -0.2) is 4.79 Å². The summed E-state index contributed by atoms with van der Waals surface area (Å²) in [4.78, 5) is 17.5. The first-order valence-corrected chi connectivity index (χ1v) is 6.58. The Morgan fingerprint density at radius 1 is 1.42 bits per heavy atom. The number of fused-ring (bicyclic) bond motifs is 1. The summed E-state index contributed by atoms with van der Waals surface area (Å²) >= 11 is 0. The van der Waals surface area contributed by atoms with Crippen LogP contribution in [0.4, 0.5) is 0 Å². The molecule has 1 aromatic heterocycles. The number of aromatic nitrogens is 1. The summed E-state index contributed by atoms with van der Waals surface area (Å²) in [6.07, 6.45) is 4.24. The van der Waals surface area contributed by atoms with E-state index in [4.69, 9.17) is 4.74 Å². The predicted molar refractivity (Wildman–Crippen MR) is 73.8 cm³/mol. The molecule has 0 spiro atoms. The summed E-state index contributed by atoms with van der Waals surface area (Å²) in [5.41, 5.74) is 2.05. The van der Waals surface area contributed by atoms with Gasteiger partial charge in [-0.3, -0.25) is 4.90 Å². The number of nitrogens with zero attached hydrogens (tertiary/aromatic N) is 1. The van der Waals surface area contributed by atoms with Crippen LogP contribution >= 0.6 is 0 Å². The van der Waals surface area contributed by atoms with Crippen molar-refractivity contribution < 1.29 is 9.53 Å². The first kappa shape index (κ1) is 12.2. The van der Waals surface area contributed by atoms with E-state index < -0.39 is 0 Å². The lowest BCUT2D eigenvalue weighted by molar-refractivity contribution is -0.147. The third-order valence-corrected chi connectivity index (χ3v) is 3.87. The molecule has 1 unspecified atom stereocenters. The van der Waals surface area contributed by atoms with Gasteiger partial charge in [0.1, 0.15) is 6.04 Å². The second kappa shape index (κ2) is 4.70. The Hall–Kier alpha value is -1.81. The fourth-order valence-corrected chi connectivity index (χ4v) is 2.64. The molecule has 1 heterocycles. The number of rotatable bonds is 4. The number of hydrogen-bond donors (Lipinski definition) is 1. The van der Waals surface area contributed by atoms with Crippen LogP contribution in [0.3, 0.4) is 0 Å². The number of carbonyl (C=O) groups excluding carboxylic acids is 1. The highest BCUT2D eigenvalue weighted by atomic mass is 16.5. The molecule has 0 saturated heterocycles. The highest BCUT2D eigenvalue weighted by molar-refractivity contribution is 5.89. The van der Waals surface area contributed by atoms with Crippen molar-refractivity contribution in [2.24, 2.45) is 0 Å². The van der Waals surface area contributed by atoms with E-state index in [-0.39, 0.29) is 12.0 Å². The van der Waals surface area contributed by atoms with Gasteiger partial charge in [0.25, 0.3) is 0 Å². The molecule has 1 N–H and O–H groups in total. The Labute approximate surface area is 112 Å². The van der Waals surface area contributed by atoms with Crippen LogP contribution in [0.5, 0.6) is 0 Å². The van der Waals surface area contributed by atoms with Crippen LogP contribution in [-0.4, -0.2) is 36.1 Å². The second-order valence-electron chi connectivity index (χ2n) is 5.11. The van der Waals surface area contributed by atoms with Crippen LogP contribution in [0.15, 0.2) is 30.5 Å². The van der Waals surface area contributed by atoms with E-state index in [0.29, 0.717) is 6.04 Å². The number of ether oxygens (including phenoxy) is 1. The minimum Gasteiger partial charge on any atom is -0.468 e. The molecule has 4 heteroatoms. The molecule has 4 nitrogen and oxygen atoms in total. The van der Waals surface area contributed by atoms with Crippen molar-refractivity contribution in [3.63, 3.8) is 0 Å². The minimum absolute atomic E-state index is 0.195. The Morgan fingerprint density at radius 2 is 2.16 bits per heavy atom. The van der Waals surface area contributed by atoms with Crippen molar-refractivity contribution in [3.05, 3.63) is 36.0 Å². The van der Waals surface area contributed by atoms with E-state index in [9.17, 15) is 4.79 Å². The van der Waals surface area contributed by atoms with Gasteiger partial charge in [0, 0.05) is 28.7 Å². The largest absolute Gasteiger partial charge is 0.468 e. The summed E-state index contributed by atoms with van der Waals surface area (Å²) in [5.74, 6) is -0.195. The van der Waals surface area contributed by atoms with Crippen molar-refractivity contribution >= 4 is 16.9 Å². The fourth-order valence-electron chi connectivity index (χ4n) is 2.64. The smallest absolute Gasteiger partial charge is 0.327 e. The van der Waals surface area contributed by atoms with Gasteiger partial charge >= 0.3 is 5.97 Å². The third-order valence-electron chi connectivity index (χ3n) is 3.87. The zero-order valence-corrected chi connectivity index (χ0v) is 11.2. The van der Waals surface area contributed by atoms with Gasteiger partial charge in [-0.15, -0.1) is 0 Å². The number of likely N-dealkylation sites (N-methyl/N-ethyl adjacent to an activating group) is 1. The SMILES string of the molecule is COC(=O)C(c1c[nH]c2ccccc12)N(C)C1CC1. The molecule has 1 saturated carbocycles. The van der Waals surface area contributed by atoms with Crippen molar-refractivity contribution in [2.45, 2.75) is 24.9 Å². The maximum absolute atomic E-state index is 12.1. The maximum atomic E-state index is 12.1. The number of nitrogens with one attached hydrogen (secondary N) is 1. The van der Waals surface area contributed by atoms with E-state index in [1.165, 1.54) is 7.11 Å². The van der Waals surface area contributed by atoms with E-state index in [1.54, 1.807) is 0 Å². The highest BCUT2D eigenvalue weighted by Gasteiger charge is 2.37. The standard InChI is InChI=1S/C15H18N2O2/c1-17(10-7-8-10)14(15(18)19-2)12-9-16-13-6-4-3-5-11(12)13/h3-6,9-10,14,16H,7-8H2,1-2H3. The van der Waals surface area contributed by atoms with Gasteiger partial charge in [-0.1, -0.05) is 18.2 Å². The quantitative estimate of drug-likeness (QED) is 0.857. The first-order chi connectivity index (χ1) is 9.22. The zero-order valence-electron chi connectivity index (χ0n) is 11.2. The normalized spacial score (nSPS) is 16.8. The maximum Gasteiger partial charge on any atom is 0.327 e. The number of H-pyrrole nitrogens is 1. The van der Waals surface area contributed by atoms with Gasteiger partial charge in [0.2, 0.25) is 0 Å². The molecular formula is C15H18N2O2. The van der Waals surface area contributed by atoms with Gasteiger partial charge in [-0.2, -0.15) is 0 Å². The van der Waals surface area contributed by atoms with Crippen LogP contribution < -0.4 is 0 Å². The Balaban J connectivity index is 2.05. The van der Waals surface area contributed by atoms with Crippen LogP contribution in [0.25, 0.3) is 10.9 Å². The number of benzene rings is 1. The molecule has 1 aliphatic rings. The van der Waals surface area contributed by atoms with E-state index in [2.05, 4.69) is 9.88 Å². The number of carbonyl (C=O) groups is 1. The van der Waals surface area contributed by atoms with Crippen molar-refractivity contribution in [1.82, 2.24) is 9.88 Å². The van der Waals surface area contributed by atoms with E-state index >= 15 is 0 Å². The number of esters is 1. The molecule has 100 valence electrons. The molecule has 1 fully saturated rings. The lowest BCUT2D eigenvalue weighted by atomic mass is 10.0. The zero-order chi connectivity index (χ0) is 13.4. The van der Waals surface area contributed by atoms with Gasteiger partial charge < -0.3 is 9.72 Å². The highest BCUT2D eigenvalue weighted by Crippen LogP contribution is 2.36. The Kier molecular flexibility index (Phi) is 3.03. The van der Waals surface area contributed by atoms with Crippen molar-refractivity contribution in [3.8, 4) is 0 Å². The molecule has 2 aromatic rings. The van der Waals surface area contributed by atoms with Gasteiger partial charge in [-0.05, 0) is 26.0 Å². The fraction of sp³-hybridized carbons (Fsp3) is 0.400. The number of aromatic amines is 1. The van der Waals surface area contributed by atoms with Crippen LogP contribution in [-0.2, 0) is 9.53 Å². The van der Waals surface area contributed by atoms with Crippen molar-refractivity contribution in [2.75, 3.05) is 14.2 Å². The topological polar surface area (TPSA) is 45.3 Å². The third kappa shape index (κ3) is 2.12. The van der Waals surface area contributed by atoms with Gasteiger partial charge in [0.15, 0.2) is 0 Å². The molecular weight excluding hydrogens is 240 g/mol. The molecule has 3 rings (SSSR count). The predicted octanol–water partition coefficient (Wildman–Crippen LogP) is 2.48. The summed E-state index contributed by atoms with van der Waals surface area (Å²) in [5, 5.41) is 1.09. The number of para-hydroxylation sites is 1. The molecule has 1 atom stereocenters. The Bertz CT molecular complexity index is 601. The molecule has 1 aliphatic carbocycles. The summed E-state index contributed by atoms with van der Waals surface area (Å²) in [6.45, 7) is 0. The summed E-state index contributed by atoms with van der Waals surface area (Å²) in [7, 11) is 3.45. The molecule has 19 heavy (non-hydrogen) atoms.